The van der Waals surface area contributed by atoms with Gasteiger partial charge in [-0.1, -0.05) is 24.3 Å². The summed E-state index contributed by atoms with van der Waals surface area (Å²) < 4.78 is 8.05. The molecule has 2 aromatic carbocycles. The fourth-order valence-corrected chi connectivity index (χ4v) is 4.20. The topological polar surface area (TPSA) is 67.6 Å². The zero-order valence-corrected chi connectivity index (χ0v) is 18.4. The number of nitrogens with zero attached hydrogens (tertiary/aromatic N) is 3. The van der Waals surface area contributed by atoms with Crippen LogP contribution in [-0.2, 0) is 24.2 Å². The molecule has 1 fully saturated rings. The highest BCUT2D eigenvalue weighted by Gasteiger charge is 2.12. The van der Waals surface area contributed by atoms with Gasteiger partial charge in [-0.2, -0.15) is 5.10 Å². The summed E-state index contributed by atoms with van der Waals surface area (Å²) in [7, 11) is 0. The van der Waals surface area contributed by atoms with Crippen molar-refractivity contribution in [2.45, 2.75) is 45.1 Å². The number of anilines is 1. The fraction of sp³-hybridized carbons (Fsp3) is 0.385. The molecule has 2 heterocycles. The minimum atomic E-state index is -0.800. The lowest BCUT2D eigenvalue weighted by molar-refractivity contribution is -0.136. The number of benzene rings is 2. The second-order valence-corrected chi connectivity index (χ2v) is 8.36. The van der Waals surface area contributed by atoms with Crippen LogP contribution in [0, 0.1) is 0 Å². The zero-order valence-electron chi connectivity index (χ0n) is 18.4. The summed E-state index contributed by atoms with van der Waals surface area (Å²) in [6.45, 7) is 3.47. The molecule has 168 valence electrons. The molecule has 3 aromatic rings. The number of aromatic nitrogens is 2. The maximum atomic E-state index is 11.1. The molecule has 0 radical (unpaired) electrons. The Kier molecular flexibility index (Phi) is 7.43. The lowest BCUT2D eigenvalue weighted by Crippen LogP contribution is -2.29. The van der Waals surface area contributed by atoms with Crippen molar-refractivity contribution in [1.29, 1.82) is 0 Å². The Labute approximate surface area is 189 Å². The van der Waals surface area contributed by atoms with E-state index in [1.807, 2.05) is 35.1 Å². The molecular formula is C26H31N3O3. The average molecular weight is 434 g/mol. The number of carboxylic acid groups (broad SMARTS) is 1. The SMILES string of the molecule is O=C(O)CCc1ccc(Cn2cccn2)cc1OCCc1cccc(N2CCCCC2)c1. The Hall–Kier alpha value is -3.28. The van der Waals surface area contributed by atoms with E-state index in [-0.39, 0.29) is 6.42 Å². The number of rotatable bonds is 10. The van der Waals surface area contributed by atoms with Gasteiger partial charge in [-0.15, -0.1) is 0 Å². The van der Waals surface area contributed by atoms with Gasteiger partial charge in [-0.3, -0.25) is 9.48 Å². The van der Waals surface area contributed by atoms with Crippen molar-refractivity contribution in [3.8, 4) is 5.75 Å². The van der Waals surface area contributed by atoms with Crippen LogP contribution in [0.1, 0.15) is 42.4 Å². The standard InChI is InChI=1S/C26H31N3O3/c30-26(31)11-10-23-9-8-22(20-29-16-5-13-27-29)19-25(23)32-17-12-21-6-4-7-24(18-21)28-14-2-1-3-15-28/h4-9,13,16,18-19H,1-3,10-12,14-15,17,20H2,(H,30,31). The van der Waals surface area contributed by atoms with Crippen LogP contribution >= 0.6 is 0 Å². The van der Waals surface area contributed by atoms with E-state index in [0.717, 1.165) is 36.4 Å². The van der Waals surface area contributed by atoms with Gasteiger partial charge in [0, 0.05) is 44.0 Å². The molecule has 4 rings (SSSR count). The molecule has 0 saturated carbocycles. The number of piperidine rings is 1. The van der Waals surface area contributed by atoms with Crippen molar-refractivity contribution in [3.05, 3.63) is 77.6 Å². The minimum absolute atomic E-state index is 0.0900. The summed E-state index contributed by atoms with van der Waals surface area (Å²) in [5.41, 5.74) is 4.56. The molecule has 0 amide bonds. The molecule has 6 nitrogen and oxygen atoms in total. The van der Waals surface area contributed by atoms with E-state index in [4.69, 9.17) is 9.84 Å². The van der Waals surface area contributed by atoms with Crippen molar-refractivity contribution < 1.29 is 14.6 Å². The van der Waals surface area contributed by atoms with Crippen LogP contribution in [-0.4, -0.2) is 40.6 Å². The summed E-state index contributed by atoms with van der Waals surface area (Å²) in [6, 6.07) is 16.7. The molecule has 0 spiro atoms. The number of aryl methyl sites for hydroxylation is 1. The van der Waals surface area contributed by atoms with Crippen molar-refractivity contribution in [3.63, 3.8) is 0 Å². The van der Waals surface area contributed by atoms with Gasteiger partial charge in [0.15, 0.2) is 0 Å². The van der Waals surface area contributed by atoms with Crippen molar-refractivity contribution in [2.24, 2.45) is 0 Å². The van der Waals surface area contributed by atoms with Gasteiger partial charge in [0.05, 0.1) is 13.2 Å². The van der Waals surface area contributed by atoms with Crippen LogP contribution < -0.4 is 9.64 Å². The smallest absolute Gasteiger partial charge is 0.303 e. The molecule has 0 bridgehead atoms. The Morgan fingerprint density at radius 1 is 1.00 bits per heavy atom. The van der Waals surface area contributed by atoms with Crippen molar-refractivity contribution >= 4 is 11.7 Å². The first-order valence-electron chi connectivity index (χ1n) is 11.4. The van der Waals surface area contributed by atoms with Crippen LogP contribution in [0.3, 0.4) is 0 Å². The third-order valence-electron chi connectivity index (χ3n) is 5.92. The second kappa shape index (κ2) is 10.8. The minimum Gasteiger partial charge on any atom is -0.493 e. The number of ether oxygens (including phenoxy) is 1. The summed E-state index contributed by atoms with van der Waals surface area (Å²) in [5.74, 6) is -0.0332. The van der Waals surface area contributed by atoms with Crippen molar-refractivity contribution in [2.75, 3.05) is 24.6 Å². The first-order valence-corrected chi connectivity index (χ1v) is 11.4. The number of hydrogen-bond donors (Lipinski definition) is 1. The van der Waals surface area contributed by atoms with E-state index in [9.17, 15) is 4.79 Å². The molecule has 0 unspecified atom stereocenters. The lowest BCUT2D eigenvalue weighted by atomic mass is 10.1. The van der Waals surface area contributed by atoms with E-state index >= 15 is 0 Å². The molecule has 1 aliphatic heterocycles. The summed E-state index contributed by atoms with van der Waals surface area (Å²) in [5, 5.41) is 13.4. The van der Waals surface area contributed by atoms with E-state index < -0.39 is 5.97 Å². The van der Waals surface area contributed by atoms with Gasteiger partial charge in [-0.05, 0) is 66.6 Å². The second-order valence-electron chi connectivity index (χ2n) is 8.36. The lowest BCUT2D eigenvalue weighted by Gasteiger charge is -2.29. The number of carboxylic acids is 1. The molecule has 1 N–H and O–H groups in total. The Balaban J connectivity index is 1.41. The molecule has 1 saturated heterocycles. The average Bonchev–Trinajstić information content (AvgIpc) is 3.32. The van der Waals surface area contributed by atoms with Crippen molar-refractivity contribution in [1.82, 2.24) is 9.78 Å². The van der Waals surface area contributed by atoms with E-state index in [0.29, 0.717) is 19.6 Å². The molecule has 32 heavy (non-hydrogen) atoms. The van der Waals surface area contributed by atoms with E-state index in [1.165, 1.54) is 30.5 Å². The van der Waals surface area contributed by atoms with Crippen LogP contribution in [0.2, 0.25) is 0 Å². The maximum Gasteiger partial charge on any atom is 0.303 e. The quantitative estimate of drug-likeness (QED) is 0.508. The summed E-state index contributed by atoms with van der Waals surface area (Å²) in [4.78, 5) is 13.5. The zero-order chi connectivity index (χ0) is 22.2. The van der Waals surface area contributed by atoms with Gasteiger partial charge in [0.1, 0.15) is 5.75 Å². The molecule has 0 atom stereocenters. The summed E-state index contributed by atoms with van der Waals surface area (Å²) >= 11 is 0. The normalized spacial score (nSPS) is 13.8. The van der Waals surface area contributed by atoms with Gasteiger partial charge < -0.3 is 14.7 Å². The highest BCUT2D eigenvalue weighted by molar-refractivity contribution is 5.67. The number of hydrogen-bond acceptors (Lipinski definition) is 4. The maximum absolute atomic E-state index is 11.1. The first-order chi connectivity index (χ1) is 15.7. The van der Waals surface area contributed by atoms with Crippen LogP contribution in [0.4, 0.5) is 5.69 Å². The fourth-order valence-electron chi connectivity index (χ4n) is 4.20. The third-order valence-corrected chi connectivity index (χ3v) is 5.92. The van der Waals surface area contributed by atoms with Crippen LogP contribution in [0.25, 0.3) is 0 Å². The molecule has 1 aromatic heterocycles. The number of aliphatic carboxylic acids is 1. The Morgan fingerprint density at radius 2 is 1.88 bits per heavy atom. The largest absolute Gasteiger partial charge is 0.493 e. The molecule has 0 aliphatic carbocycles. The van der Waals surface area contributed by atoms with Gasteiger partial charge >= 0.3 is 5.97 Å². The van der Waals surface area contributed by atoms with Gasteiger partial charge in [0.25, 0.3) is 0 Å². The first kappa shape index (κ1) is 21.9. The van der Waals surface area contributed by atoms with E-state index in [2.05, 4.69) is 34.3 Å². The Bertz CT molecular complexity index is 1010. The van der Waals surface area contributed by atoms with Gasteiger partial charge in [-0.25, -0.2) is 0 Å². The highest BCUT2D eigenvalue weighted by Crippen LogP contribution is 2.24. The third kappa shape index (κ3) is 6.13. The highest BCUT2D eigenvalue weighted by atomic mass is 16.5. The van der Waals surface area contributed by atoms with Crippen LogP contribution in [0.5, 0.6) is 5.75 Å². The summed E-state index contributed by atoms with van der Waals surface area (Å²) in [6.07, 6.45) is 8.90. The Morgan fingerprint density at radius 3 is 2.66 bits per heavy atom. The monoisotopic (exact) mass is 433 g/mol. The van der Waals surface area contributed by atoms with E-state index in [1.54, 1.807) is 6.20 Å². The van der Waals surface area contributed by atoms with Crippen LogP contribution in [0.15, 0.2) is 60.9 Å². The molecule has 6 heteroatoms. The predicted octanol–water partition coefficient (Wildman–Crippen LogP) is 4.56. The molecule has 1 aliphatic rings. The predicted molar refractivity (Wildman–Crippen MR) is 125 cm³/mol. The number of carbonyl (C=O) groups is 1. The molecular weight excluding hydrogens is 402 g/mol. The van der Waals surface area contributed by atoms with Gasteiger partial charge in [0.2, 0.25) is 0 Å².